The molecule has 0 rings (SSSR count). The van der Waals surface area contributed by atoms with E-state index in [1.807, 2.05) is 0 Å². The molecular formula is C19H42S4. The van der Waals surface area contributed by atoms with Crippen molar-refractivity contribution in [2.24, 2.45) is 0 Å². The number of hydrogen-bond donors (Lipinski definition) is 4. The lowest BCUT2D eigenvalue weighted by Crippen LogP contribution is -1.82. The molecule has 23 heavy (non-hydrogen) atoms. The monoisotopic (exact) mass is 398 g/mol. The quantitative estimate of drug-likeness (QED) is 0.141. The van der Waals surface area contributed by atoms with Crippen LogP contribution in [0.1, 0.15) is 96.3 Å². The molecule has 0 spiro atoms. The van der Waals surface area contributed by atoms with Crippen LogP contribution in [0.15, 0.2) is 0 Å². The van der Waals surface area contributed by atoms with Gasteiger partial charge in [0.2, 0.25) is 0 Å². The number of thiol groups is 4. The van der Waals surface area contributed by atoms with E-state index in [1.165, 1.54) is 96.3 Å². The summed E-state index contributed by atoms with van der Waals surface area (Å²) in [7, 11) is 0. The zero-order valence-corrected chi connectivity index (χ0v) is 18.8. The van der Waals surface area contributed by atoms with Crippen molar-refractivity contribution in [1.29, 1.82) is 0 Å². The van der Waals surface area contributed by atoms with Gasteiger partial charge in [0, 0.05) is 0 Å². The Balaban J connectivity index is 0. The molecule has 0 aliphatic rings. The number of unbranched alkanes of at least 4 members (excludes halogenated alkanes) is 13. The van der Waals surface area contributed by atoms with Crippen LogP contribution in [0.4, 0.5) is 0 Å². The SMILES string of the molecule is SCCCCCCCCCCS.SCCCCCCCCCS. The highest BCUT2D eigenvalue weighted by Gasteiger charge is 1.90. The lowest BCUT2D eigenvalue weighted by Gasteiger charge is -1.99. The van der Waals surface area contributed by atoms with Crippen molar-refractivity contribution >= 4 is 50.5 Å². The molecule has 0 radical (unpaired) electrons. The van der Waals surface area contributed by atoms with Crippen molar-refractivity contribution in [2.75, 3.05) is 23.0 Å². The second-order valence-electron chi connectivity index (χ2n) is 6.20. The fourth-order valence-corrected chi connectivity index (χ4v) is 3.29. The molecule has 0 nitrogen and oxygen atoms in total. The fourth-order valence-electron chi connectivity index (χ4n) is 2.39. The zero-order valence-electron chi connectivity index (χ0n) is 15.2. The molecule has 0 fully saturated rings. The molecule has 0 saturated heterocycles. The van der Waals surface area contributed by atoms with Crippen LogP contribution in [-0.4, -0.2) is 23.0 Å². The van der Waals surface area contributed by atoms with Gasteiger partial charge in [0.05, 0.1) is 0 Å². The van der Waals surface area contributed by atoms with Gasteiger partial charge in [-0.3, -0.25) is 0 Å². The molecule has 0 aromatic heterocycles. The summed E-state index contributed by atoms with van der Waals surface area (Å²) in [6.45, 7) is 0. The number of hydrogen-bond acceptors (Lipinski definition) is 4. The van der Waals surface area contributed by atoms with Crippen LogP contribution >= 0.6 is 50.5 Å². The van der Waals surface area contributed by atoms with Crippen LogP contribution in [0.3, 0.4) is 0 Å². The summed E-state index contributed by atoms with van der Waals surface area (Å²) in [6, 6.07) is 0. The molecule has 0 saturated carbocycles. The Morgan fingerprint density at radius 2 is 0.348 bits per heavy atom. The molecule has 142 valence electrons. The highest BCUT2D eigenvalue weighted by Crippen LogP contribution is 2.09. The lowest BCUT2D eigenvalue weighted by atomic mass is 10.1. The summed E-state index contributed by atoms with van der Waals surface area (Å²) >= 11 is 16.7. The van der Waals surface area contributed by atoms with Crippen LogP contribution in [0.25, 0.3) is 0 Å². The van der Waals surface area contributed by atoms with E-state index in [4.69, 9.17) is 0 Å². The first-order valence-corrected chi connectivity index (χ1v) is 12.3. The van der Waals surface area contributed by atoms with E-state index >= 15 is 0 Å². The van der Waals surface area contributed by atoms with Crippen molar-refractivity contribution in [1.82, 2.24) is 0 Å². The Bertz CT molecular complexity index is 159. The van der Waals surface area contributed by atoms with Crippen molar-refractivity contribution in [3.63, 3.8) is 0 Å². The first-order valence-electron chi connectivity index (χ1n) is 9.76. The Labute approximate surface area is 169 Å². The highest BCUT2D eigenvalue weighted by atomic mass is 32.1. The van der Waals surface area contributed by atoms with Crippen molar-refractivity contribution in [3.8, 4) is 0 Å². The molecule has 4 heteroatoms. The Kier molecular flexibility index (Phi) is 32.7. The van der Waals surface area contributed by atoms with E-state index < -0.39 is 0 Å². The Hall–Kier alpha value is 1.40. The summed E-state index contributed by atoms with van der Waals surface area (Å²) in [5.74, 6) is 4.21. The van der Waals surface area contributed by atoms with Gasteiger partial charge in [-0.15, -0.1) is 0 Å². The van der Waals surface area contributed by atoms with Crippen molar-refractivity contribution in [3.05, 3.63) is 0 Å². The average Bonchev–Trinajstić information content (AvgIpc) is 2.57. The summed E-state index contributed by atoms with van der Waals surface area (Å²) in [6.07, 6.45) is 20.5. The van der Waals surface area contributed by atoms with E-state index in [1.54, 1.807) is 0 Å². The summed E-state index contributed by atoms with van der Waals surface area (Å²) in [4.78, 5) is 0. The van der Waals surface area contributed by atoms with Crippen molar-refractivity contribution in [2.45, 2.75) is 96.3 Å². The second kappa shape index (κ2) is 28.2. The summed E-state index contributed by atoms with van der Waals surface area (Å²) < 4.78 is 0. The smallest absolute Gasteiger partial charge is 0.00979 e. The first kappa shape index (κ1) is 26.6. The van der Waals surface area contributed by atoms with Gasteiger partial charge in [0.25, 0.3) is 0 Å². The molecule has 0 aliphatic heterocycles. The largest absolute Gasteiger partial charge is 0.179 e. The molecule has 0 unspecified atom stereocenters. The van der Waals surface area contributed by atoms with Crippen LogP contribution in [0.2, 0.25) is 0 Å². The minimum atomic E-state index is 1.05. The molecular weight excluding hydrogens is 356 g/mol. The third-order valence-electron chi connectivity index (χ3n) is 3.88. The molecule has 0 N–H and O–H groups in total. The topological polar surface area (TPSA) is 0 Å². The predicted molar refractivity (Wildman–Crippen MR) is 125 cm³/mol. The average molecular weight is 399 g/mol. The maximum absolute atomic E-state index is 4.18. The number of rotatable bonds is 17. The third-order valence-corrected chi connectivity index (χ3v) is 5.15. The second-order valence-corrected chi connectivity index (χ2v) is 7.99. The minimum absolute atomic E-state index is 1.05. The van der Waals surface area contributed by atoms with Crippen LogP contribution in [0.5, 0.6) is 0 Å². The maximum Gasteiger partial charge on any atom is -0.00979 e. The summed E-state index contributed by atoms with van der Waals surface area (Å²) in [5.41, 5.74) is 0. The molecule has 0 heterocycles. The van der Waals surface area contributed by atoms with Gasteiger partial charge >= 0.3 is 0 Å². The summed E-state index contributed by atoms with van der Waals surface area (Å²) in [5, 5.41) is 0. The molecule has 0 aromatic carbocycles. The van der Waals surface area contributed by atoms with Crippen LogP contribution < -0.4 is 0 Å². The molecule has 0 amide bonds. The standard InChI is InChI=1S/C10H22S2.C9H20S2/c11-9-7-5-3-1-2-4-6-8-10-12;10-8-6-4-2-1-3-5-7-9-11/h11-12H,1-10H2;10-11H,1-9H2. The molecule has 0 aromatic rings. The molecule has 0 atom stereocenters. The Morgan fingerprint density at radius 1 is 0.217 bits per heavy atom. The third kappa shape index (κ3) is 31.7. The first-order chi connectivity index (χ1) is 11.3. The van der Waals surface area contributed by atoms with E-state index in [2.05, 4.69) is 50.5 Å². The van der Waals surface area contributed by atoms with Gasteiger partial charge < -0.3 is 0 Å². The van der Waals surface area contributed by atoms with Gasteiger partial charge in [0.15, 0.2) is 0 Å². The lowest BCUT2D eigenvalue weighted by molar-refractivity contribution is 0.588. The predicted octanol–water partition coefficient (Wildman–Crippen LogP) is 7.54. The van der Waals surface area contributed by atoms with E-state index in [0.717, 1.165) is 23.0 Å². The fraction of sp³-hybridized carbons (Fsp3) is 1.00. The van der Waals surface area contributed by atoms with Gasteiger partial charge in [0.1, 0.15) is 0 Å². The van der Waals surface area contributed by atoms with Gasteiger partial charge in [-0.05, 0) is 48.7 Å². The van der Waals surface area contributed by atoms with Crippen LogP contribution in [-0.2, 0) is 0 Å². The van der Waals surface area contributed by atoms with Crippen LogP contribution in [0, 0.1) is 0 Å². The highest BCUT2D eigenvalue weighted by molar-refractivity contribution is 7.80. The van der Waals surface area contributed by atoms with Gasteiger partial charge in [-0.2, -0.15) is 50.5 Å². The molecule has 0 bridgehead atoms. The molecule has 0 aliphatic carbocycles. The van der Waals surface area contributed by atoms with E-state index in [0.29, 0.717) is 0 Å². The van der Waals surface area contributed by atoms with E-state index in [-0.39, 0.29) is 0 Å². The van der Waals surface area contributed by atoms with Gasteiger partial charge in [-0.1, -0.05) is 70.6 Å². The zero-order chi connectivity index (χ0) is 17.4. The van der Waals surface area contributed by atoms with Crippen molar-refractivity contribution < 1.29 is 0 Å². The van der Waals surface area contributed by atoms with E-state index in [9.17, 15) is 0 Å². The normalized spacial score (nSPS) is 10.4. The maximum atomic E-state index is 4.18. The Morgan fingerprint density at radius 3 is 0.478 bits per heavy atom. The minimum Gasteiger partial charge on any atom is -0.179 e. The van der Waals surface area contributed by atoms with Gasteiger partial charge in [-0.25, -0.2) is 0 Å².